The van der Waals surface area contributed by atoms with Gasteiger partial charge >= 0.3 is 0 Å². The van der Waals surface area contributed by atoms with Crippen LogP contribution in [-0.4, -0.2) is 56.0 Å². The third-order valence-corrected chi connectivity index (χ3v) is 7.03. The highest BCUT2D eigenvalue weighted by Crippen LogP contribution is 2.27. The number of ether oxygens (including phenoxy) is 1. The summed E-state index contributed by atoms with van der Waals surface area (Å²) < 4.78 is 5.19. The summed E-state index contributed by atoms with van der Waals surface area (Å²) in [6.45, 7) is 2.95. The predicted octanol–water partition coefficient (Wildman–Crippen LogP) is 4.11. The maximum Gasteiger partial charge on any atom is 0.258 e. The molecule has 1 saturated heterocycles. The minimum Gasteiger partial charge on any atom is -0.497 e. The molecular formula is C27H35N3O3. The Balaban J connectivity index is 1.33. The lowest BCUT2D eigenvalue weighted by Gasteiger charge is -2.36. The molecule has 1 heterocycles. The van der Waals surface area contributed by atoms with Gasteiger partial charge in [0.05, 0.1) is 7.11 Å². The molecule has 2 aromatic rings. The molecule has 2 fully saturated rings. The van der Waals surface area contributed by atoms with Crippen molar-refractivity contribution >= 4 is 17.5 Å². The Morgan fingerprint density at radius 2 is 1.64 bits per heavy atom. The Morgan fingerprint density at radius 3 is 2.27 bits per heavy atom. The Morgan fingerprint density at radius 1 is 0.970 bits per heavy atom. The van der Waals surface area contributed by atoms with Crippen molar-refractivity contribution in [2.75, 3.05) is 38.2 Å². The van der Waals surface area contributed by atoms with E-state index in [1.807, 2.05) is 30.3 Å². The van der Waals surface area contributed by atoms with Gasteiger partial charge in [0, 0.05) is 23.8 Å². The second-order valence-corrected chi connectivity index (χ2v) is 9.18. The third kappa shape index (κ3) is 6.14. The number of nitrogens with zero attached hydrogens (tertiary/aromatic N) is 2. The number of methoxy groups -OCH3 is 1. The minimum absolute atomic E-state index is 0.00417. The molecule has 2 aliphatic rings. The van der Waals surface area contributed by atoms with Crippen LogP contribution in [0.3, 0.4) is 0 Å². The SMILES string of the molecule is COc1ccc(C(=O)N(CC(=O)NCC2CCN(C3CCCC3)CC2)c2ccccc2)cc1. The highest BCUT2D eigenvalue weighted by molar-refractivity contribution is 6.08. The van der Waals surface area contributed by atoms with Gasteiger partial charge in [0.25, 0.3) is 5.91 Å². The van der Waals surface area contributed by atoms with Crippen LogP contribution in [0.1, 0.15) is 48.9 Å². The van der Waals surface area contributed by atoms with Crippen LogP contribution in [0.5, 0.6) is 5.75 Å². The van der Waals surface area contributed by atoms with Crippen LogP contribution < -0.4 is 15.0 Å². The van der Waals surface area contributed by atoms with Crippen LogP contribution >= 0.6 is 0 Å². The predicted molar refractivity (Wildman–Crippen MR) is 131 cm³/mol. The number of carbonyl (C=O) groups is 2. The number of hydrogen-bond donors (Lipinski definition) is 1. The zero-order valence-corrected chi connectivity index (χ0v) is 19.5. The van der Waals surface area contributed by atoms with Gasteiger partial charge in [-0.25, -0.2) is 0 Å². The van der Waals surface area contributed by atoms with E-state index in [1.165, 1.54) is 25.7 Å². The van der Waals surface area contributed by atoms with E-state index in [1.54, 1.807) is 36.3 Å². The minimum atomic E-state index is -0.205. The molecule has 1 aliphatic heterocycles. The molecule has 0 radical (unpaired) electrons. The van der Waals surface area contributed by atoms with Gasteiger partial charge in [-0.3, -0.25) is 14.5 Å². The Bertz CT molecular complexity index is 902. The lowest BCUT2D eigenvalue weighted by atomic mass is 9.95. The van der Waals surface area contributed by atoms with Crippen LogP contribution in [0, 0.1) is 5.92 Å². The fourth-order valence-corrected chi connectivity index (χ4v) is 5.03. The first-order valence-electron chi connectivity index (χ1n) is 12.2. The second kappa shape index (κ2) is 11.3. The molecule has 1 N–H and O–H groups in total. The summed E-state index contributed by atoms with van der Waals surface area (Å²) in [4.78, 5) is 30.3. The Hall–Kier alpha value is -2.86. The molecule has 0 atom stereocenters. The molecular weight excluding hydrogens is 414 g/mol. The molecule has 1 aliphatic carbocycles. The molecule has 6 heteroatoms. The van der Waals surface area contributed by atoms with E-state index in [-0.39, 0.29) is 18.4 Å². The Kier molecular flexibility index (Phi) is 8.00. The maximum atomic E-state index is 13.2. The standard InChI is InChI=1S/C27H35N3O3/c1-33-25-13-11-22(12-14-25)27(32)30(24-9-3-2-4-10-24)20-26(31)28-19-21-15-17-29(18-16-21)23-7-5-6-8-23/h2-4,9-14,21,23H,5-8,15-20H2,1H3,(H,28,31). The Labute approximate surface area is 196 Å². The van der Waals surface area contributed by atoms with Crippen molar-refractivity contribution in [1.82, 2.24) is 10.2 Å². The highest BCUT2D eigenvalue weighted by Gasteiger charge is 2.27. The summed E-state index contributed by atoms with van der Waals surface area (Å²) in [5.74, 6) is 0.867. The first-order chi connectivity index (χ1) is 16.1. The largest absolute Gasteiger partial charge is 0.497 e. The van der Waals surface area contributed by atoms with Crippen LogP contribution in [-0.2, 0) is 4.79 Å². The number of anilines is 1. The summed E-state index contributed by atoms with van der Waals surface area (Å²) in [5, 5.41) is 3.09. The number of carbonyl (C=O) groups excluding carboxylic acids is 2. The summed E-state index contributed by atoms with van der Waals surface area (Å²) in [5.41, 5.74) is 1.23. The summed E-state index contributed by atoms with van der Waals surface area (Å²) in [6.07, 6.45) is 7.69. The van der Waals surface area contributed by atoms with Crippen LogP contribution in [0.15, 0.2) is 54.6 Å². The number of piperidine rings is 1. The van der Waals surface area contributed by atoms with Gasteiger partial charge in [0.15, 0.2) is 0 Å². The van der Waals surface area contributed by atoms with Crippen molar-refractivity contribution in [1.29, 1.82) is 0 Å². The number of rotatable bonds is 8. The molecule has 0 spiro atoms. The molecule has 2 aromatic carbocycles. The first-order valence-corrected chi connectivity index (χ1v) is 12.2. The van der Waals surface area contributed by atoms with Crippen LogP contribution in [0.2, 0.25) is 0 Å². The quantitative estimate of drug-likeness (QED) is 0.659. The summed E-state index contributed by atoms with van der Waals surface area (Å²) in [7, 11) is 1.59. The van der Waals surface area contributed by atoms with Crippen LogP contribution in [0.4, 0.5) is 5.69 Å². The number of hydrogen-bond acceptors (Lipinski definition) is 4. The van der Waals surface area contributed by atoms with Gasteiger partial charge in [0.1, 0.15) is 12.3 Å². The second-order valence-electron chi connectivity index (χ2n) is 9.18. The van der Waals surface area contributed by atoms with Gasteiger partial charge < -0.3 is 15.0 Å². The third-order valence-electron chi connectivity index (χ3n) is 7.03. The molecule has 176 valence electrons. The molecule has 0 bridgehead atoms. The number of benzene rings is 2. The average Bonchev–Trinajstić information content (AvgIpc) is 3.42. The van der Waals surface area contributed by atoms with Crippen molar-refractivity contribution < 1.29 is 14.3 Å². The fraction of sp³-hybridized carbons (Fsp3) is 0.481. The molecule has 33 heavy (non-hydrogen) atoms. The fourth-order valence-electron chi connectivity index (χ4n) is 5.03. The van der Waals surface area contributed by atoms with E-state index in [4.69, 9.17) is 4.74 Å². The number of amides is 2. The first kappa shape index (κ1) is 23.3. The average molecular weight is 450 g/mol. The van der Waals surface area contributed by atoms with E-state index < -0.39 is 0 Å². The van der Waals surface area contributed by atoms with Crippen molar-refractivity contribution in [2.24, 2.45) is 5.92 Å². The number of nitrogens with one attached hydrogen (secondary N) is 1. The van der Waals surface area contributed by atoms with Crippen LogP contribution in [0.25, 0.3) is 0 Å². The van der Waals surface area contributed by atoms with E-state index in [0.717, 1.165) is 32.0 Å². The lowest BCUT2D eigenvalue weighted by Crippen LogP contribution is -2.45. The van der Waals surface area contributed by atoms with Gasteiger partial charge in [-0.15, -0.1) is 0 Å². The van der Waals surface area contributed by atoms with Gasteiger partial charge in [-0.05, 0) is 81.1 Å². The molecule has 0 aromatic heterocycles. The summed E-state index contributed by atoms with van der Waals surface area (Å²) in [6, 6.07) is 17.1. The lowest BCUT2D eigenvalue weighted by molar-refractivity contribution is -0.120. The zero-order valence-electron chi connectivity index (χ0n) is 19.5. The summed E-state index contributed by atoms with van der Waals surface area (Å²) >= 11 is 0. The topological polar surface area (TPSA) is 61.9 Å². The molecule has 2 amide bonds. The number of para-hydroxylation sites is 1. The van der Waals surface area contributed by atoms with E-state index >= 15 is 0 Å². The normalized spacial score (nSPS) is 17.6. The van der Waals surface area contributed by atoms with Crippen molar-refractivity contribution in [3.05, 3.63) is 60.2 Å². The van der Waals surface area contributed by atoms with E-state index in [9.17, 15) is 9.59 Å². The number of likely N-dealkylation sites (tertiary alicyclic amines) is 1. The van der Waals surface area contributed by atoms with Crippen molar-refractivity contribution in [3.8, 4) is 5.75 Å². The van der Waals surface area contributed by atoms with Gasteiger partial charge in [-0.2, -0.15) is 0 Å². The van der Waals surface area contributed by atoms with E-state index in [0.29, 0.717) is 29.5 Å². The van der Waals surface area contributed by atoms with Crippen molar-refractivity contribution in [2.45, 2.75) is 44.6 Å². The monoisotopic (exact) mass is 449 g/mol. The smallest absolute Gasteiger partial charge is 0.258 e. The molecule has 0 unspecified atom stereocenters. The van der Waals surface area contributed by atoms with E-state index in [2.05, 4.69) is 10.2 Å². The van der Waals surface area contributed by atoms with Gasteiger partial charge in [-0.1, -0.05) is 31.0 Å². The van der Waals surface area contributed by atoms with Crippen molar-refractivity contribution in [3.63, 3.8) is 0 Å². The highest BCUT2D eigenvalue weighted by atomic mass is 16.5. The van der Waals surface area contributed by atoms with Gasteiger partial charge in [0.2, 0.25) is 5.91 Å². The molecule has 6 nitrogen and oxygen atoms in total. The molecule has 4 rings (SSSR count). The zero-order chi connectivity index (χ0) is 23.0. The molecule has 1 saturated carbocycles. The maximum absolute atomic E-state index is 13.2.